The van der Waals surface area contributed by atoms with E-state index in [-0.39, 0.29) is 6.10 Å². The standard InChI is InChI=1S/C20H21F2N3O/c1-14(15-8-3-2-4-9-15)26-13-7-12-23-19-16-10-5-6-11-17(16)24-20(25-19)18(21)22/h2-6,8-11,14,18H,7,12-13H2,1H3,(H,23,24,25). The zero-order chi connectivity index (χ0) is 18.4. The average molecular weight is 357 g/mol. The number of anilines is 1. The fraction of sp³-hybridized carbons (Fsp3) is 0.300. The molecule has 26 heavy (non-hydrogen) atoms. The van der Waals surface area contributed by atoms with E-state index in [9.17, 15) is 8.78 Å². The Morgan fingerprint density at radius 1 is 1.00 bits per heavy atom. The van der Waals surface area contributed by atoms with Gasteiger partial charge in [-0.15, -0.1) is 0 Å². The van der Waals surface area contributed by atoms with Crippen molar-refractivity contribution in [2.75, 3.05) is 18.5 Å². The SMILES string of the molecule is CC(OCCCNc1nc(C(F)F)nc2ccccc12)c1ccccc1. The van der Waals surface area contributed by atoms with Crippen molar-refractivity contribution in [3.63, 3.8) is 0 Å². The topological polar surface area (TPSA) is 47.0 Å². The largest absolute Gasteiger partial charge is 0.374 e. The predicted molar refractivity (Wildman–Crippen MR) is 98.4 cm³/mol. The first kappa shape index (κ1) is 18.2. The number of fused-ring (bicyclic) bond motifs is 1. The molecule has 0 spiro atoms. The summed E-state index contributed by atoms with van der Waals surface area (Å²) in [5, 5.41) is 3.86. The van der Waals surface area contributed by atoms with Crippen LogP contribution in [0.25, 0.3) is 10.9 Å². The van der Waals surface area contributed by atoms with Gasteiger partial charge in [0.2, 0.25) is 0 Å². The summed E-state index contributed by atoms with van der Waals surface area (Å²) in [4.78, 5) is 7.88. The molecule has 1 N–H and O–H groups in total. The van der Waals surface area contributed by atoms with E-state index in [4.69, 9.17) is 4.74 Å². The van der Waals surface area contributed by atoms with Crippen LogP contribution in [0.4, 0.5) is 14.6 Å². The quantitative estimate of drug-likeness (QED) is 0.567. The molecule has 0 aliphatic heterocycles. The van der Waals surface area contributed by atoms with E-state index in [1.807, 2.05) is 49.4 Å². The van der Waals surface area contributed by atoms with Crippen LogP contribution in [0.15, 0.2) is 54.6 Å². The first-order valence-corrected chi connectivity index (χ1v) is 8.60. The van der Waals surface area contributed by atoms with Gasteiger partial charge in [0.15, 0.2) is 5.82 Å². The van der Waals surface area contributed by atoms with E-state index >= 15 is 0 Å². The average Bonchev–Trinajstić information content (AvgIpc) is 2.67. The molecular formula is C20H21F2N3O. The van der Waals surface area contributed by atoms with Crippen LogP contribution in [-0.2, 0) is 4.74 Å². The number of nitrogens with zero attached hydrogens (tertiary/aromatic N) is 2. The molecule has 136 valence electrons. The van der Waals surface area contributed by atoms with Crippen LogP contribution in [-0.4, -0.2) is 23.1 Å². The summed E-state index contributed by atoms with van der Waals surface area (Å²) >= 11 is 0. The van der Waals surface area contributed by atoms with E-state index in [0.717, 1.165) is 17.4 Å². The molecule has 2 aromatic carbocycles. The van der Waals surface area contributed by atoms with E-state index in [2.05, 4.69) is 15.3 Å². The second-order valence-corrected chi connectivity index (χ2v) is 5.95. The number of para-hydroxylation sites is 1. The number of hydrogen-bond donors (Lipinski definition) is 1. The van der Waals surface area contributed by atoms with Crippen molar-refractivity contribution in [2.45, 2.75) is 25.9 Å². The minimum Gasteiger partial charge on any atom is -0.374 e. The van der Waals surface area contributed by atoms with Gasteiger partial charge in [-0.25, -0.2) is 18.7 Å². The minimum atomic E-state index is -2.70. The molecule has 4 nitrogen and oxygen atoms in total. The van der Waals surface area contributed by atoms with Crippen molar-refractivity contribution in [2.24, 2.45) is 0 Å². The lowest BCUT2D eigenvalue weighted by Crippen LogP contribution is -2.10. The number of rotatable bonds is 8. The molecule has 0 aliphatic carbocycles. The summed E-state index contributed by atoms with van der Waals surface area (Å²) in [5.74, 6) is -0.0258. The molecule has 0 saturated carbocycles. The van der Waals surface area contributed by atoms with Gasteiger partial charge in [0.05, 0.1) is 11.6 Å². The highest BCUT2D eigenvalue weighted by Crippen LogP contribution is 2.24. The molecule has 0 amide bonds. The summed E-state index contributed by atoms with van der Waals surface area (Å²) in [5.41, 5.74) is 1.64. The normalized spacial score (nSPS) is 12.5. The van der Waals surface area contributed by atoms with Crippen LogP contribution >= 0.6 is 0 Å². The number of benzene rings is 2. The van der Waals surface area contributed by atoms with Gasteiger partial charge < -0.3 is 10.1 Å². The number of alkyl halides is 2. The minimum absolute atomic E-state index is 0.0153. The Kier molecular flexibility index (Phi) is 6.07. The van der Waals surface area contributed by atoms with Gasteiger partial charge in [0.25, 0.3) is 6.43 Å². The lowest BCUT2D eigenvalue weighted by atomic mass is 10.1. The Morgan fingerprint density at radius 2 is 1.73 bits per heavy atom. The highest BCUT2D eigenvalue weighted by Gasteiger charge is 2.14. The number of nitrogens with one attached hydrogen (secondary N) is 1. The van der Waals surface area contributed by atoms with Gasteiger partial charge in [-0.05, 0) is 31.0 Å². The van der Waals surface area contributed by atoms with Crippen LogP contribution in [0, 0.1) is 0 Å². The zero-order valence-electron chi connectivity index (χ0n) is 14.5. The predicted octanol–water partition coefficient (Wildman–Crippen LogP) is 5.15. The maximum absolute atomic E-state index is 13.0. The monoisotopic (exact) mass is 357 g/mol. The third-order valence-corrected chi connectivity index (χ3v) is 4.07. The fourth-order valence-electron chi connectivity index (χ4n) is 2.69. The van der Waals surface area contributed by atoms with Gasteiger partial charge in [-0.2, -0.15) is 0 Å². The lowest BCUT2D eigenvalue weighted by molar-refractivity contribution is 0.0656. The Hall–Kier alpha value is -2.60. The van der Waals surface area contributed by atoms with Crippen LogP contribution < -0.4 is 5.32 Å². The molecular weight excluding hydrogens is 336 g/mol. The van der Waals surface area contributed by atoms with Crippen LogP contribution in [0.3, 0.4) is 0 Å². The molecule has 0 radical (unpaired) electrons. The van der Waals surface area contributed by atoms with E-state index < -0.39 is 12.2 Å². The summed E-state index contributed by atoms with van der Waals surface area (Å²) in [6, 6.07) is 17.1. The molecule has 6 heteroatoms. The van der Waals surface area contributed by atoms with E-state index in [1.165, 1.54) is 0 Å². The first-order chi connectivity index (χ1) is 12.6. The summed E-state index contributed by atoms with van der Waals surface area (Å²) in [6.07, 6.45) is -1.95. The molecule has 0 bridgehead atoms. The van der Waals surface area contributed by atoms with Crippen molar-refractivity contribution in [1.82, 2.24) is 9.97 Å². The van der Waals surface area contributed by atoms with Gasteiger partial charge in [-0.1, -0.05) is 42.5 Å². The van der Waals surface area contributed by atoms with Crippen molar-refractivity contribution in [1.29, 1.82) is 0 Å². The molecule has 3 aromatic rings. The fourth-order valence-corrected chi connectivity index (χ4v) is 2.69. The third kappa shape index (κ3) is 4.52. The van der Waals surface area contributed by atoms with Gasteiger partial charge in [0, 0.05) is 18.5 Å². The molecule has 1 heterocycles. The Morgan fingerprint density at radius 3 is 2.50 bits per heavy atom. The molecule has 0 fully saturated rings. The van der Waals surface area contributed by atoms with E-state index in [1.54, 1.807) is 12.1 Å². The third-order valence-electron chi connectivity index (χ3n) is 4.07. The molecule has 0 saturated heterocycles. The Bertz CT molecular complexity index is 843. The Labute approximate surface area is 151 Å². The van der Waals surface area contributed by atoms with E-state index in [0.29, 0.717) is 24.5 Å². The number of hydrogen-bond acceptors (Lipinski definition) is 4. The second-order valence-electron chi connectivity index (χ2n) is 5.95. The van der Waals surface area contributed by atoms with Crippen molar-refractivity contribution < 1.29 is 13.5 Å². The number of aromatic nitrogens is 2. The summed E-state index contributed by atoms with van der Waals surface area (Å²) < 4.78 is 31.8. The zero-order valence-corrected chi connectivity index (χ0v) is 14.5. The van der Waals surface area contributed by atoms with Crippen molar-refractivity contribution in [3.8, 4) is 0 Å². The highest BCUT2D eigenvalue weighted by molar-refractivity contribution is 5.88. The van der Waals surface area contributed by atoms with Crippen molar-refractivity contribution in [3.05, 3.63) is 66.0 Å². The van der Waals surface area contributed by atoms with Gasteiger partial charge in [0.1, 0.15) is 5.82 Å². The molecule has 1 unspecified atom stereocenters. The second kappa shape index (κ2) is 8.67. The van der Waals surface area contributed by atoms with Crippen LogP contribution in [0.1, 0.15) is 37.3 Å². The molecule has 1 aromatic heterocycles. The summed E-state index contributed by atoms with van der Waals surface area (Å²) in [7, 11) is 0. The molecule has 3 rings (SSSR count). The maximum atomic E-state index is 13.0. The summed E-state index contributed by atoms with van der Waals surface area (Å²) in [6.45, 7) is 3.15. The number of halogens is 2. The van der Waals surface area contributed by atoms with Gasteiger partial charge in [-0.3, -0.25) is 0 Å². The van der Waals surface area contributed by atoms with Gasteiger partial charge >= 0.3 is 0 Å². The Balaban J connectivity index is 1.56. The van der Waals surface area contributed by atoms with Crippen LogP contribution in [0.5, 0.6) is 0 Å². The molecule has 0 aliphatic rings. The van der Waals surface area contributed by atoms with Crippen molar-refractivity contribution >= 4 is 16.7 Å². The molecule has 1 atom stereocenters. The number of ether oxygens (including phenoxy) is 1. The lowest BCUT2D eigenvalue weighted by Gasteiger charge is -2.14. The smallest absolute Gasteiger partial charge is 0.297 e. The highest BCUT2D eigenvalue weighted by atomic mass is 19.3. The van der Waals surface area contributed by atoms with Crippen LogP contribution in [0.2, 0.25) is 0 Å². The maximum Gasteiger partial charge on any atom is 0.297 e. The first-order valence-electron chi connectivity index (χ1n) is 8.60.